The molecule has 0 aromatic heterocycles. The third-order valence-electron chi connectivity index (χ3n) is 2.09. The van der Waals surface area contributed by atoms with E-state index in [0.717, 1.165) is 0 Å². The van der Waals surface area contributed by atoms with Crippen LogP contribution >= 0.6 is 0 Å². The van der Waals surface area contributed by atoms with Gasteiger partial charge in [0.1, 0.15) is 0 Å². The number of carbonyl (C=O) groups excluding carboxylic acids is 1. The van der Waals surface area contributed by atoms with E-state index in [9.17, 15) is 14.9 Å². The van der Waals surface area contributed by atoms with Crippen LogP contribution in [0.1, 0.15) is 5.56 Å². The summed E-state index contributed by atoms with van der Waals surface area (Å²) < 4.78 is 4.53. The van der Waals surface area contributed by atoms with Crippen molar-refractivity contribution in [3.05, 3.63) is 58.2 Å². The lowest BCUT2D eigenvalue weighted by atomic mass is 10.1. The van der Waals surface area contributed by atoms with Crippen LogP contribution in [0.2, 0.25) is 0 Å². The zero-order chi connectivity index (χ0) is 12.8. The molecular weight excluding hydrogens is 222 g/mol. The van der Waals surface area contributed by atoms with Gasteiger partial charge in [-0.05, 0) is 12.1 Å². The molecule has 1 aromatic carbocycles. The Hall–Kier alpha value is -2.43. The van der Waals surface area contributed by atoms with Gasteiger partial charge in [0.05, 0.1) is 23.2 Å². The third-order valence-corrected chi connectivity index (χ3v) is 2.09. The van der Waals surface area contributed by atoms with Gasteiger partial charge < -0.3 is 4.74 Å². The Bertz CT molecular complexity index is 491. The molecule has 0 bridgehead atoms. The molecule has 1 rings (SSSR count). The standard InChI is InChI=1S/C12H11NO4/c1-3-9(12(14)17-2)8-10-6-4-5-7-11(10)13(15)16/h3-8H,1H2,2H3/b9-8+. The number of benzene rings is 1. The van der Waals surface area contributed by atoms with E-state index >= 15 is 0 Å². The summed E-state index contributed by atoms with van der Waals surface area (Å²) in [5.74, 6) is -0.585. The Morgan fingerprint density at radius 2 is 2.12 bits per heavy atom. The summed E-state index contributed by atoms with van der Waals surface area (Å²) in [6, 6.07) is 6.12. The summed E-state index contributed by atoms with van der Waals surface area (Å²) in [6.07, 6.45) is 2.67. The molecule has 5 heteroatoms. The number of hydrogen-bond acceptors (Lipinski definition) is 4. The highest BCUT2D eigenvalue weighted by Gasteiger charge is 2.13. The number of nitrogens with zero attached hydrogens (tertiary/aromatic N) is 1. The van der Waals surface area contributed by atoms with E-state index < -0.39 is 10.9 Å². The van der Waals surface area contributed by atoms with Gasteiger partial charge in [-0.1, -0.05) is 24.8 Å². The fourth-order valence-corrected chi connectivity index (χ4v) is 1.26. The first-order valence-electron chi connectivity index (χ1n) is 4.76. The van der Waals surface area contributed by atoms with Crippen molar-refractivity contribution in [2.24, 2.45) is 0 Å². The quantitative estimate of drug-likeness (QED) is 0.263. The molecule has 0 atom stereocenters. The molecular formula is C12H11NO4. The van der Waals surface area contributed by atoms with Crippen LogP contribution < -0.4 is 0 Å². The van der Waals surface area contributed by atoms with Crippen molar-refractivity contribution in [2.75, 3.05) is 7.11 Å². The average Bonchev–Trinajstić information content (AvgIpc) is 2.35. The van der Waals surface area contributed by atoms with Crippen LogP contribution in [0.25, 0.3) is 6.08 Å². The number of hydrogen-bond donors (Lipinski definition) is 0. The minimum Gasteiger partial charge on any atom is -0.465 e. The maximum Gasteiger partial charge on any atom is 0.337 e. The Kier molecular flexibility index (Phi) is 4.16. The van der Waals surface area contributed by atoms with Crippen LogP contribution in [0, 0.1) is 10.1 Å². The van der Waals surface area contributed by atoms with E-state index in [1.54, 1.807) is 18.2 Å². The Balaban J connectivity index is 3.25. The first-order valence-corrected chi connectivity index (χ1v) is 4.76. The van der Waals surface area contributed by atoms with Crippen molar-refractivity contribution in [1.82, 2.24) is 0 Å². The van der Waals surface area contributed by atoms with Gasteiger partial charge in [0.25, 0.3) is 5.69 Å². The minimum absolute atomic E-state index is 0.0734. The van der Waals surface area contributed by atoms with E-state index in [2.05, 4.69) is 11.3 Å². The number of esters is 1. The van der Waals surface area contributed by atoms with Crippen molar-refractivity contribution < 1.29 is 14.5 Å². The maximum absolute atomic E-state index is 11.3. The topological polar surface area (TPSA) is 69.4 Å². The first-order chi connectivity index (χ1) is 8.10. The van der Waals surface area contributed by atoms with Crippen LogP contribution in [0.3, 0.4) is 0 Å². The number of carbonyl (C=O) groups is 1. The molecule has 0 unspecified atom stereocenters. The third kappa shape index (κ3) is 3.01. The van der Waals surface area contributed by atoms with Gasteiger partial charge in [-0.2, -0.15) is 0 Å². The molecule has 17 heavy (non-hydrogen) atoms. The summed E-state index contributed by atoms with van der Waals surface area (Å²) in [5, 5.41) is 10.8. The predicted molar refractivity (Wildman–Crippen MR) is 63.3 cm³/mol. The zero-order valence-corrected chi connectivity index (χ0v) is 9.25. The zero-order valence-electron chi connectivity index (χ0n) is 9.25. The fourth-order valence-electron chi connectivity index (χ4n) is 1.26. The average molecular weight is 233 g/mol. The first kappa shape index (κ1) is 12.6. The number of rotatable bonds is 4. The summed E-state index contributed by atoms with van der Waals surface area (Å²) in [6.45, 7) is 3.46. The molecule has 0 radical (unpaired) electrons. The Morgan fingerprint density at radius 3 is 2.65 bits per heavy atom. The van der Waals surface area contributed by atoms with Crippen molar-refractivity contribution in [3.63, 3.8) is 0 Å². The molecule has 0 N–H and O–H groups in total. The second-order valence-corrected chi connectivity index (χ2v) is 3.11. The van der Waals surface area contributed by atoms with Crippen LogP contribution in [-0.2, 0) is 9.53 Å². The van der Waals surface area contributed by atoms with E-state index in [1.807, 2.05) is 0 Å². The van der Waals surface area contributed by atoms with Gasteiger partial charge in [0.15, 0.2) is 0 Å². The molecule has 5 nitrogen and oxygen atoms in total. The summed E-state index contributed by atoms with van der Waals surface area (Å²) in [4.78, 5) is 21.6. The van der Waals surface area contributed by atoms with Gasteiger partial charge >= 0.3 is 5.97 Å². The summed E-state index contributed by atoms with van der Waals surface area (Å²) in [7, 11) is 1.24. The molecule has 0 aliphatic heterocycles. The Morgan fingerprint density at radius 1 is 1.47 bits per heavy atom. The smallest absolute Gasteiger partial charge is 0.337 e. The van der Waals surface area contributed by atoms with E-state index in [0.29, 0.717) is 5.56 Å². The molecule has 0 spiro atoms. The largest absolute Gasteiger partial charge is 0.465 e. The van der Waals surface area contributed by atoms with Crippen molar-refractivity contribution in [1.29, 1.82) is 0 Å². The lowest BCUT2D eigenvalue weighted by molar-refractivity contribution is -0.385. The molecule has 0 fully saturated rings. The van der Waals surface area contributed by atoms with E-state index in [4.69, 9.17) is 0 Å². The molecule has 0 aliphatic rings. The molecule has 1 aromatic rings. The van der Waals surface area contributed by atoms with Crippen LogP contribution in [0.4, 0.5) is 5.69 Å². The molecule has 0 aliphatic carbocycles. The summed E-state index contributed by atoms with van der Waals surface area (Å²) in [5.41, 5.74) is 0.426. The van der Waals surface area contributed by atoms with Crippen molar-refractivity contribution in [2.45, 2.75) is 0 Å². The highest BCUT2D eigenvalue weighted by Crippen LogP contribution is 2.21. The number of para-hydroxylation sites is 1. The Labute approximate surface area is 98.2 Å². The number of methoxy groups -OCH3 is 1. The van der Waals surface area contributed by atoms with Crippen molar-refractivity contribution >= 4 is 17.7 Å². The lowest BCUT2D eigenvalue weighted by Gasteiger charge is -2.00. The maximum atomic E-state index is 11.3. The highest BCUT2D eigenvalue weighted by molar-refractivity contribution is 5.97. The second kappa shape index (κ2) is 5.60. The van der Waals surface area contributed by atoms with Gasteiger partial charge in [-0.3, -0.25) is 10.1 Å². The van der Waals surface area contributed by atoms with E-state index in [-0.39, 0.29) is 11.3 Å². The molecule has 0 amide bonds. The normalized spacial score (nSPS) is 10.8. The van der Waals surface area contributed by atoms with Crippen LogP contribution in [0.15, 0.2) is 42.5 Å². The molecule has 0 saturated carbocycles. The fraction of sp³-hybridized carbons (Fsp3) is 0.0833. The summed E-state index contributed by atoms with van der Waals surface area (Å²) >= 11 is 0. The van der Waals surface area contributed by atoms with Gasteiger partial charge in [0, 0.05) is 6.07 Å². The minimum atomic E-state index is -0.585. The highest BCUT2D eigenvalue weighted by atomic mass is 16.6. The molecule has 0 saturated heterocycles. The van der Waals surface area contributed by atoms with Crippen LogP contribution in [-0.4, -0.2) is 18.0 Å². The molecule has 88 valence electrons. The lowest BCUT2D eigenvalue weighted by Crippen LogP contribution is -2.02. The van der Waals surface area contributed by atoms with Gasteiger partial charge in [0.2, 0.25) is 0 Å². The second-order valence-electron chi connectivity index (χ2n) is 3.11. The number of nitro benzene ring substituents is 1. The van der Waals surface area contributed by atoms with Gasteiger partial charge in [-0.25, -0.2) is 4.79 Å². The monoisotopic (exact) mass is 233 g/mol. The van der Waals surface area contributed by atoms with E-state index in [1.165, 1.54) is 25.3 Å². The number of nitro groups is 1. The number of ether oxygens (including phenoxy) is 1. The predicted octanol–water partition coefficient (Wildman–Crippen LogP) is 2.34. The molecule has 0 heterocycles. The van der Waals surface area contributed by atoms with Gasteiger partial charge in [-0.15, -0.1) is 0 Å². The van der Waals surface area contributed by atoms with Crippen LogP contribution in [0.5, 0.6) is 0 Å². The van der Waals surface area contributed by atoms with Crippen molar-refractivity contribution in [3.8, 4) is 0 Å². The SMILES string of the molecule is C=C/C(=C\c1ccccc1[N+](=O)[O-])C(=O)OC.